The molecule has 0 amide bonds. The van der Waals surface area contributed by atoms with Gasteiger partial charge >= 0.3 is 0 Å². The Morgan fingerprint density at radius 3 is 2.71 bits per heavy atom. The highest BCUT2D eigenvalue weighted by atomic mass is 127. The molecule has 7 nitrogen and oxygen atoms in total. The summed E-state index contributed by atoms with van der Waals surface area (Å²) in [4.78, 5) is 4.35. The van der Waals surface area contributed by atoms with E-state index >= 15 is 0 Å². The summed E-state index contributed by atoms with van der Waals surface area (Å²) in [5.41, 5.74) is 0.871. The van der Waals surface area contributed by atoms with Crippen LogP contribution in [-0.2, 0) is 10.0 Å². The quantitative estimate of drug-likeness (QED) is 0.361. The molecule has 3 rings (SSSR count). The standard InChI is InChI=1S/C19H30N4O3S.HI/c1-19(2)11-16(15-7-5-6-8-17(15)26-19)22-18(20-3)21-12-14-9-10-23(13-14)27(4,24)25;/h5-8,14,16H,9-13H2,1-4H3,(H2,20,21,22);1H. The SMILES string of the molecule is CN=C(NCC1CCN(S(C)(=O)=O)C1)NC1CC(C)(C)Oc2ccccc21.I. The number of halogens is 1. The molecule has 0 bridgehead atoms. The number of fused-ring (bicyclic) bond motifs is 1. The monoisotopic (exact) mass is 522 g/mol. The summed E-state index contributed by atoms with van der Waals surface area (Å²) in [7, 11) is -1.35. The average Bonchev–Trinajstić information content (AvgIpc) is 3.06. The van der Waals surface area contributed by atoms with Crippen molar-refractivity contribution in [2.24, 2.45) is 10.9 Å². The molecule has 1 aromatic rings. The number of rotatable bonds is 4. The summed E-state index contributed by atoms with van der Waals surface area (Å²) in [6.07, 6.45) is 2.97. The van der Waals surface area contributed by atoms with Crippen molar-refractivity contribution >= 4 is 40.0 Å². The van der Waals surface area contributed by atoms with Crippen LogP contribution in [0.1, 0.15) is 38.3 Å². The molecule has 1 aromatic carbocycles. The fourth-order valence-corrected chi connectivity index (χ4v) is 4.72. The highest BCUT2D eigenvalue weighted by molar-refractivity contribution is 14.0. The normalized spacial score (nSPS) is 24.6. The van der Waals surface area contributed by atoms with Crippen molar-refractivity contribution in [3.05, 3.63) is 29.8 Å². The zero-order chi connectivity index (χ0) is 19.7. The molecule has 2 aliphatic heterocycles. The van der Waals surface area contributed by atoms with Gasteiger partial charge in [0.2, 0.25) is 10.0 Å². The van der Waals surface area contributed by atoms with Crippen LogP contribution < -0.4 is 15.4 Å². The molecule has 2 heterocycles. The smallest absolute Gasteiger partial charge is 0.211 e. The molecule has 2 aliphatic rings. The summed E-state index contributed by atoms with van der Waals surface area (Å²) in [6, 6.07) is 8.18. The third-order valence-corrected chi connectivity index (χ3v) is 6.46. The first-order valence-electron chi connectivity index (χ1n) is 9.38. The lowest BCUT2D eigenvalue weighted by Gasteiger charge is -2.38. The molecule has 9 heteroatoms. The summed E-state index contributed by atoms with van der Waals surface area (Å²) in [5, 5.41) is 6.88. The minimum absolute atomic E-state index is 0. The summed E-state index contributed by atoms with van der Waals surface area (Å²) >= 11 is 0. The number of hydrogen-bond donors (Lipinski definition) is 2. The molecule has 2 N–H and O–H groups in total. The molecule has 1 fully saturated rings. The zero-order valence-electron chi connectivity index (χ0n) is 16.9. The summed E-state index contributed by atoms with van der Waals surface area (Å²) < 4.78 is 31.0. The summed E-state index contributed by atoms with van der Waals surface area (Å²) in [6.45, 7) is 6.03. The number of ether oxygens (including phenoxy) is 1. The largest absolute Gasteiger partial charge is 0.487 e. The van der Waals surface area contributed by atoms with Gasteiger partial charge in [0.15, 0.2) is 5.96 Å². The molecular formula is C19H31IN4O3S. The molecular weight excluding hydrogens is 491 g/mol. The first kappa shape index (κ1) is 23.2. The number of nitrogens with one attached hydrogen (secondary N) is 2. The van der Waals surface area contributed by atoms with Crippen molar-refractivity contribution in [2.75, 3.05) is 32.9 Å². The molecule has 0 aliphatic carbocycles. The van der Waals surface area contributed by atoms with Crippen LogP contribution in [0.25, 0.3) is 0 Å². The third kappa shape index (κ3) is 5.73. The van der Waals surface area contributed by atoms with Gasteiger partial charge in [-0.05, 0) is 32.3 Å². The van der Waals surface area contributed by atoms with E-state index in [2.05, 4.69) is 35.5 Å². The topological polar surface area (TPSA) is 83.0 Å². The Morgan fingerprint density at radius 1 is 1.36 bits per heavy atom. The maximum atomic E-state index is 11.7. The Kier molecular flexibility index (Phi) is 7.60. The number of hydrogen-bond acceptors (Lipinski definition) is 4. The molecule has 158 valence electrons. The maximum Gasteiger partial charge on any atom is 0.211 e. The van der Waals surface area contributed by atoms with Gasteiger partial charge in [0.05, 0.1) is 12.3 Å². The van der Waals surface area contributed by atoms with Gasteiger partial charge in [0.1, 0.15) is 11.4 Å². The van der Waals surface area contributed by atoms with Crippen LogP contribution in [0.15, 0.2) is 29.3 Å². The molecule has 1 saturated heterocycles. The van der Waals surface area contributed by atoms with E-state index in [0.717, 1.165) is 30.1 Å². The van der Waals surface area contributed by atoms with Crippen molar-refractivity contribution < 1.29 is 13.2 Å². The number of para-hydroxylation sites is 1. The molecule has 0 aromatic heterocycles. The van der Waals surface area contributed by atoms with Gasteiger partial charge in [0, 0.05) is 38.7 Å². The second-order valence-corrected chi connectivity index (χ2v) is 10.0. The minimum atomic E-state index is -3.10. The zero-order valence-corrected chi connectivity index (χ0v) is 20.1. The predicted octanol–water partition coefficient (Wildman–Crippen LogP) is 2.35. The fourth-order valence-electron chi connectivity index (χ4n) is 3.80. The number of benzene rings is 1. The van der Waals surface area contributed by atoms with E-state index in [1.165, 1.54) is 6.26 Å². The van der Waals surface area contributed by atoms with E-state index in [1.807, 2.05) is 18.2 Å². The molecule has 2 unspecified atom stereocenters. The Hall–Kier alpha value is -1.07. The second kappa shape index (κ2) is 9.17. The van der Waals surface area contributed by atoms with Crippen molar-refractivity contribution in [1.82, 2.24) is 14.9 Å². The second-order valence-electron chi connectivity index (χ2n) is 8.03. The van der Waals surface area contributed by atoms with E-state index in [1.54, 1.807) is 11.4 Å². The number of sulfonamides is 1. The van der Waals surface area contributed by atoms with Crippen LogP contribution in [-0.4, -0.2) is 57.2 Å². The summed E-state index contributed by atoms with van der Waals surface area (Å²) in [5.74, 6) is 1.92. The van der Waals surface area contributed by atoms with E-state index in [-0.39, 0.29) is 41.5 Å². The average molecular weight is 522 g/mol. The Morgan fingerprint density at radius 2 is 2.07 bits per heavy atom. The van der Waals surface area contributed by atoms with Gasteiger partial charge in [-0.1, -0.05) is 18.2 Å². The lowest BCUT2D eigenvalue weighted by atomic mass is 9.90. The molecule has 2 atom stereocenters. The highest BCUT2D eigenvalue weighted by Crippen LogP contribution is 2.39. The fraction of sp³-hybridized carbons (Fsp3) is 0.632. The maximum absolute atomic E-state index is 11.7. The number of guanidine groups is 1. The van der Waals surface area contributed by atoms with Gasteiger partial charge in [-0.25, -0.2) is 12.7 Å². The lowest BCUT2D eigenvalue weighted by molar-refractivity contribution is 0.0694. The third-order valence-electron chi connectivity index (χ3n) is 5.19. The predicted molar refractivity (Wildman–Crippen MR) is 123 cm³/mol. The minimum Gasteiger partial charge on any atom is -0.487 e. The van der Waals surface area contributed by atoms with E-state index < -0.39 is 10.0 Å². The Balaban J connectivity index is 0.00000280. The first-order valence-corrected chi connectivity index (χ1v) is 11.2. The Labute approximate surface area is 185 Å². The van der Waals surface area contributed by atoms with E-state index in [4.69, 9.17) is 4.74 Å². The molecule has 0 saturated carbocycles. The van der Waals surface area contributed by atoms with Gasteiger partial charge in [-0.3, -0.25) is 4.99 Å². The first-order chi connectivity index (χ1) is 12.7. The van der Waals surface area contributed by atoms with Crippen molar-refractivity contribution in [1.29, 1.82) is 0 Å². The highest BCUT2D eigenvalue weighted by Gasteiger charge is 2.34. The van der Waals surface area contributed by atoms with E-state index in [0.29, 0.717) is 19.6 Å². The molecule has 0 radical (unpaired) electrons. The van der Waals surface area contributed by atoms with Crippen molar-refractivity contribution in [3.63, 3.8) is 0 Å². The van der Waals surface area contributed by atoms with Crippen molar-refractivity contribution in [2.45, 2.75) is 38.3 Å². The van der Waals surface area contributed by atoms with E-state index in [9.17, 15) is 8.42 Å². The van der Waals surface area contributed by atoms with Gasteiger partial charge < -0.3 is 15.4 Å². The number of nitrogens with zero attached hydrogens (tertiary/aromatic N) is 2. The van der Waals surface area contributed by atoms with Crippen molar-refractivity contribution in [3.8, 4) is 5.75 Å². The van der Waals surface area contributed by atoms with Crippen LogP contribution in [0, 0.1) is 5.92 Å². The van der Waals surface area contributed by atoms with Crippen LogP contribution in [0.2, 0.25) is 0 Å². The molecule has 28 heavy (non-hydrogen) atoms. The lowest BCUT2D eigenvalue weighted by Crippen LogP contribution is -2.46. The van der Waals surface area contributed by atoms with Crippen LogP contribution in [0.4, 0.5) is 0 Å². The van der Waals surface area contributed by atoms with Crippen LogP contribution in [0.5, 0.6) is 5.75 Å². The molecule has 0 spiro atoms. The van der Waals surface area contributed by atoms with Crippen LogP contribution in [0.3, 0.4) is 0 Å². The van der Waals surface area contributed by atoms with Crippen LogP contribution >= 0.6 is 24.0 Å². The van der Waals surface area contributed by atoms with Gasteiger partial charge in [-0.2, -0.15) is 0 Å². The van der Waals surface area contributed by atoms with Gasteiger partial charge in [-0.15, -0.1) is 24.0 Å². The Bertz CT molecular complexity index is 813. The van der Waals surface area contributed by atoms with Gasteiger partial charge in [0.25, 0.3) is 0 Å². The number of aliphatic imine (C=N–C) groups is 1.